The van der Waals surface area contributed by atoms with Crippen LogP contribution in [-0.2, 0) is 19.8 Å². The molecule has 1 heterocycles. The molecule has 0 spiro atoms. The van der Waals surface area contributed by atoms with Crippen LogP contribution in [0.3, 0.4) is 0 Å². The molecule has 1 aliphatic rings. The van der Waals surface area contributed by atoms with Crippen LogP contribution >= 0.6 is 0 Å². The van der Waals surface area contributed by atoms with E-state index in [9.17, 15) is 8.42 Å². The van der Waals surface area contributed by atoms with Gasteiger partial charge >= 0.3 is 0 Å². The first kappa shape index (κ1) is 7.10. The molecule has 0 fully saturated rings. The monoisotopic (exact) mass is 163 g/mol. The smallest absolute Gasteiger partial charge is 0.284 e. The van der Waals surface area contributed by atoms with Gasteiger partial charge in [0.05, 0.1) is 0 Å². The summed E-state index contributed by atoms with van der Waals surface area (Å²) in [5, 5.41) is 4.28. The summed E-state index contributed by atoms with van der Waals surface area (Å²) in [5.41, 5.74) is 0. The van der Waals surface area contributed by atoms with Crippen molar-refractivity contribution in [1.29, 1.82) is 0 Å². The van der Waals surface area contributed by atoms with Gasteiger partial charge in [0.15, 0.2) is 0 Å². The Morgan fingerprint density at radius 3 is 2.50 bits per heavy atom. The predicted octanol–water partition coefficient (Wildman–Crippen LogP) is -0.408. The molecule has 0 saturated carbocycles. The molecule has 0 radical (unpaired) electrons. The number of sulfonamides is 1. The molecular formula is C4H5NO4S. The van der Waals surface area contributed by atoms with Crippen molar-refractivity contribution in [2.75, 3.05) is 0 Å². The summed E-state index contributed by atoms with van der Waals surface area (Å²) < 4.78 is 20.9. The lowest BCUT2D eigenvalue weighted by Crippen LogP contribution is -2.17. The van der Waals surface area contributed by atoms with Gasteiger partial charge in [-0.25, -0.2) is 13.6 Å². The van der Waals surface area contributed by atoms with Crippen LogP contribution in [0.1, 0.15) is 0 Å². The highest BCUT2D eigenvalue weighted by Gasteiger charge is 2.15. The number of hydrogen-bond acceptors (Lipinski definition) is 4. The van der Waals surface area contributed by atoms with Gasteiger partial charge < -0.3 is 0 Å². The number of rotatable bonds is 1. The first-order valence-electron chi connectivity index (χ1n) is 2.33. The minimum absolute atomic E-state index is 0.394. The molecule has 0 aromatic carbocycles. The second kappa shape index (κ2) is 2.31. The van der Waals surface area contributed by atoms with Gasteiger partial charge in [0.25, 0.3) is 15.1 Å². The highest BCUT2D eigenvalue weighted by molar-refractivity contribution is 7.92. The number of hydrogen-bond donors (Lipinski definition) is 1. The van der Waals surface area contributed by atoms with E-state index in [1.54, 1.807) is 0 Å². The lowest BCUT2D eigenvalue weighted by Gasteiger charge is -2.05. The van der Waals surface area contributed by atoms with Gasteiger partial charge in [-0.05, 0) is 6.08 Å². The zero-order valence-electron chi connectivity index (χ0n) is 4.85. The maximum atomic E-state index is 10.5. The molecule has 2 N–H and O–H groups in total. The summed E-state index contributed by atoms with van der Waals surface area (Å²) in [6, 6.07) is 0. The second-order valence-electron chi connectivity index (χ2n) is 1.54. The van der Waals surface area contributed by atoms with Gasteiger partial charge in [0.2, 0.25) is 0 Å². The first-order valence-corrected chi connectivity index (χ1v) is 3.88. The largest absolute Gasteiger partial charge is 0.297 e. The van der Waals surface area contributed by atoms with Gasteiger partial charge in [0, 0.05) is 6.08 Å². The van der Waals surface area contributed by atoms with E-state index in [1.165, 1.54) is 18.4 Å². The fourth-order valence-corrected chi connectivity index (χ4v) is 0.798. The van der Waals surface area contributed by atoms with Crippen LogP contribution < -0.4 is 5.14 Å². The van der Waals surface area contributed by atoms with Gasteiger partial charge in [-0.2, -0.15) is 0 Å². The Morgan fingerprint density at radius 1 is 1.50 bits per heavy atom. The molecule has 56 valence electrons. The van der Waals surface area contributed by atoms with E-state index < -0.39 is 15.1 Å². The second-order valence-corrected chi connectivity index (χ2v) is 3.03. The van der Waals surface area contributed by atoms with Crippen LogP contribution in [0.4, 0.5) is 0 Å². The van der Waals surface area contributed by atoms with Crippen molar-refractivity contribution in [1.82, 2.24) is 0 Å². The third-order valence-corrected chi connectivity index (χ3v) is 1.54. The number of allylic oxidation sites excluding steroid dienone is 2. The lowest BCUT2D eigenvalue weighted by atomic mass is 10.6. The molecule has 0 aromatic rings. The summed E-state index contributed by atoms with van der Waals surface area (Å²) in [6.45, 7) is 0. The average molecular weight is 163 g/mol. The summed E-state index contributed by atoms with van der Waals surface area (Å²) in [5.74, 6) is 0. The SMILES string of the molecule is NS(=O)(=O)C1=CC=COO1. The maximum Gasteiger partial charge on any atom is 0.284 e. The molecule has 0 unspecified atom stereocenters. The predicted molar refractivity (Wildman–Crippen MR) is 32.5 cm³/mol. The quantitative estimate of drug-likeness (QED) is 0.533. The van der Waals surface area contributed by atoms with E-state index >= 15 is 0 Å². The highest BCUT2D eigenvalue weighted by Crippen LogP contribution is 2.08. The number of primary sulfonamides is 1. The third-order valence-electron chi connectivity index (χ3n) is 0.777. The molecule has 0 aromatic heterocycles. The topological polar surface area (TPSA) is 78.6 Å². The zero-order valence-corrected chi connectivity index (χ0v) is 5.67. The molecule has 6 heteroatoms. The van der Waals surface area contributed by atoms with E-state index in [0.717, 1.165) is 0 Å². The highest BCUT2D eigenvalue weighted by atomic mass is 32.2. The van der Waals surface area contributed by atoms with E-state index in [0.29, 0.717) is 0 Å². The van der Waals surface area contributed by atoms with E-state index in [4.69, 9.17) is 0 Å². The van der Waals surface area contributed by atoms with Crippen LogP contribution in [0.5, 0.6) is 0 Å². The Labute approximate surface area is 57.7 Å². The Bertz CT molecular complexity index is 276. The Morgan fingerprint density at radius 2 is 2.20 bits per heavy atom. The van der Waals surface area contributed by atoms with Crippen LogP contribution in [0.2, 0.25) is 0 Å². The Hall–Kier alpha value is -1.01. The van der Waals surface area contributed by atoms with E-state index in [1.807, 2.05) is 0 Å². The van der Waals surface area contributed by atoms with Crippen LogP contribution in [0, 0.1) is 0 Å². The van der Waals surface area contributed by atoms with Crippen molar-refractivity contribution in [2.45, 2.75) is 0 Å². The summed E-state index contributed by atoms with van der Waals surface area (Å²) in [4.78, 5) is 8.40. The van der Waals surface area contributed by atoms with Gasteiger partial charge in [-0.15, -0.1) is 0 Å². The van der Waals surface area contributed by atoms with Gasteiger partial charge in [-0.1, -0.05) is 0 Å². The number of nitrogens with two attached hydrogens (primary N) is 1. The fraction of sp³-hybridized carbons (Fsp3) is 0. The summed E-state index contributed by atoms with van der Waals surface area (Å²) in [6.07, 6.45) is 3.75. The van der Waals surface area contributed by atoms with Crippen molar-refractivity contribution < 1.29 is 18.2 Å². The fourth-order valence-electron chi connectivity index (χ4n) is 0.395. The molecule has 0 bridgehead atoms. The van der Waals surface area contributed by atoms with Gasteiger partial charge in [0.1, 0.15) is 6.26 Å². The van der Waals surface area contributed by atoms with E-state index in [-0.39, 0.29) is 0 Å². The van der Waals surface area contributed by atoms with Crippen molar-refractivity contribution in [3.63, 3.8) is 0 Å². The van der Waals surface area contributed by atoms with Crippen molar-refractivity contribution in [2.24, 2.45) is 5.14 Å². The molecule has 0 atom stereocenters. The normalized spacial score (nSPS) is 17.1. The van der Waals surface area contributed by atoms with Crippen molar-refractivity contribution >= 4 is 10.0 Å². The molecule has 1 aliphatic heterocycles. The van der Waals surface area contributed by atoms with Crippen molar-refractivity contribution in [3.8, 4) is 0 Å². The average Bonchev–Trinajstić information content (AvgIpc) is 1.88. The molecule has 5 nitrogen and oxygen atoms in total. The minimum atomic E-state index is -3.76. The maximum absolute atomic E-state index is 10.5. The standard InChI is InChI=1S/C4H5NO4S/c5-10(6,7)4-2-1-3-8-9-4/h1-3H,(H2,5,6,7). The molecular weight excluding hydrogens is 158 g/mol. The minimum Gasteiger partial charge on any atom is -0.297 e. The molecule has 1 rings (SSSR count). The molecule has 0 aliphatic carbocycles. The molecule has 0 saturated heterocycles. The van der Waals surface area contributed by atoms with Crippen LogP contribution in [0.15, 0.2) is 23.5 Å². The first-order chi connectivity index (χ1) is 4.61. The van der Waals surface area contributed by atoms with Crippen molar-refractivity contribution in [3.05, 3.63) is 23.5 Å². The van der Waals surface area contributed by atoms with Crippen LogP contribution in [-0.4, -0.2) is 8.42 Å². The third kappa shape index (κ3) is 1.49. The van der Waals surface area contributed by atoms with E-state index in [2.05, 4.69) is 14.9 Å². The van der Waals surface area contributed by atoms with Gasteiger partial charge in [-0.3, -0.25) is 9.78 Å². The zero-order chi connectivity index (χ0) is 7.61. The Kier molecular flexibility index (Phi) is 1.64. The van der Waals surface area contributed by atoms with Crippen LogP contribution in [0.25, 0.3) is 0 Å². The molecule has 10 heavy (non-hydrogen) atoms. The Balaban J connectivity index is 2.93. The lowest BCUT2D eigenvalue weighted by molar-refractivity contribution is -0.204. The summed E-state index contributed by atoms with van der Waals surface area (Å²) >= 11 is 0. The molecule has 0 amide bonds. The summed E-state index contributed by atoms with van der Waals surface area (Å²) in [7, 11) is -3.76.